The molecule has 0 saturated carbocycles. The zero-order valence-corrected chi connectivity index (χ0v) is 16.8. The molecule has 0 aliphatic heterocycles. The van der Waals surface area contributed by atoms with Crippen LogP contribution in [-0.4, -0.2) is 35.3 Å². The van der Waals surface area contributed by atoms with Gasteiger partial charge in [0.25, 0.3) is 5.89 Å². The van der Waals surface area contributed by atoms with E-state index >= 15 is 0 Å². The number of hydrogen-bond acceptors (Lipinski definition) is 8. The number of nitrogens with one attached hydrogen (secondary N) is 1. The Labute approximate surface area is 164 Å². The molecule has 0 unspecified atom stereocenters. The summed E-state index contributed by atoms with van der Waals surface area (Å²) in [4.78, 5) is 17.1. The molecular formula is C16H15ClN4O4S2. The Kier molecular flexibility index (Phi) is 5.59. The average Bonchev–Trinajstić information content (AvgIpc) is 3.19. The molecule has 3 rings (SSSR count). The van der Waals surface area contributed by atoms with Crippen LogP contribution < -0.4 is 5.32 Å². The summed E-state index contributed by atoms with van der Waals surface area (Å²) in [6, 6.07) is 5.68. The molecule has 0 aliphatic carbocycles. The molecular weight excluding hydrogens is 412 g/mol. The van der Waals surface area contributed by atoms with Crippen LogP contribution in [0.15, 0.2) is 33.6 Å². The van der Waals surface area contributed by atoms with Crippen molar-refractivity contribution in [3.05, 3.63) is 40.0 Å². The monoisotopic (exact) mass is 426 g/mol. The Hall–Kier alpha value is -2.30. The largest absolute Gasteiger partial charge is 0.402 e. The predicted octanol–water partition coefficient (Wildman–Crippen LogP) is 3.27. The zero-order chi connectivity index (χ0) is 19.6. The lowest BCUT2D eigenvalue weighted by Crippen LogP contribution is -2.17. The van der Waals surface area contributed by atoms with E-state index in [1.807, 2.05) is 13.8 Å². The number of aryl methyl sites for hydroxylation is 2. The first-order valence-corrected chi connectivity index (χ1v) is 10.7. The number of aromatic nitrogens is 3. The number of rotatable bonds is 6. The van der Waals surface area contributed by atoms with Gasteiger partial charge in [0.05, 0.1) is 21.3 Å². The van der Waals surface area contributed by atoms with Gasteiger partial charge in [0.2, 0.25) is 5.91 Å². The number of carbonyl (C=O) groups is 1. The van der Waals surface area contributed by atoms with Crippen molar-refractivity contribution in [1.29, 1.82) is 0 Å². The highest BCUT2D eigenvalue weighted by Crippen LogP contribution is 2.29. The van der Waals surface area contributed by atoms with E-state index in [4.69, 9.17) is 16.0 Å². The second kappa shape index (κ2) is 7.75. The van der Waals surface area contributed by atoms with Crippen molar-refractivity contribution in [2.75, 3.05) is 11.1 Å². The molecule has 3 aromatic rings. The summed E-state index contributed by atoms with van der Waals surface area (Å²) in [5, 5.41) is 11.4. The fourth-order valence-corrected chi connectivity index (χ4v) is 4.47. The van der Waals surface area contributed by atoms with E-state index in [1.54, 1.807) is 0 Å². The lowest BCUT2D eigenvalue weighted by molar-refractivity contribution is -0.115. The molecule has 11 heteroatoms. The number of carbonyl (C=O) groups excluding carboxylic acids is 1. The van der Waals surface area contributed by atoms with E-state index in [0.29, 0.717) is 5.02 Å². The lowest BCUT2D eigenvalue weighted by Gasteiger charge is -2.04. The molecule has 2 aromatic heterocycles. The highest BCUT2D eigenvalue weighted by Gasteiger charge is 2.19. The molecule has 142 valence electrons. The fraction of sp³-hybridized carbons (Fsp3) is 0.250. The van der Waals surface area contributed by atoms with Gasteiger partial charge in [-0.25, -0.2) is 13.4 Å². The molecule has 2 heterocycles. The summed E-state index contributed by atoms with van der Waals surface area (Å²) in [6.45, 7) is 3.68. The summed E-state index contributed by atoms with van der Waals surface area (Å²) in [5.41, 5.74) is 0.757. The van der Waals surface area contributed by atoms with Gasteiger partial charge in [-0.1, -0.05) is 16.7 Å². The van der Waals surface area contributed by atoms with E-state index in [1.165, 1.54) is 35.6 Å². The van der Waals surface area contributed by atoms with Gasteiger partial charge < -0.3 is 4.42 Å². The summed E-state index contributed by atoms with van der Waals surface area (Å²) in [7, 11) is -3.60. The minimum Gasteiger partial charge on any atom is -0.402 e. The second-order valence-corrected chi connectivity index (χ2v) is 9.38. The fourth-order valence-electron chi connectivity index (χ4n) is 2.26. The SMILES string of the molecule is Cc1nc(C)c(-c2nnc(NC(=O)CCS(=O)(=O)c3ccc(Cl)cc3)o2)s1. The third kappa shape index (κ3) is 4.71. The normalized spacial score (nSPS) is 11.5. The third-order valence-electron chi connectivity index (χ3n) is 3.54. The third-order valence-corrected chi connectivity index (χ3v) is 6.58. The molecule has 0 bridgehead atoms. The standard InChI is InChI=1S/C16H15ClN4O4S2/c1-9-14(26-10(2)18-9)15-20-21-16(25-15)19-13(22)7-8-27(23,24)12-5-3-11(17)4-6-12/h3-6H,7-8H2,1-2H3,(H,19,21,22). The minimum atomic E-state index is -3.60. The number of sulfone groups is 1. The number of thiazole rings is 1. The topological polar surface area (TPSA) is 115 Å². The van der Waals surface area contributed by atoms with Gasteiger partial charge in [0.1, 0.15) is 4.88 Å². The van der Waals surface area contributed by atoms with Crippen molar-refractivity contribution in [3.63, 3.8) is 0 Å². The van der Waals surface area contributed by atoms with Gasteiger partial charge >= 0.3 is 6.01 Å². The van der Waals surface area contributed by atoms with Crippen LogP contribution in [0.1, 0.15) is 17.1 Å². The van der Waals surface area contributed by atoms with Gasteiger partial charge in [-0.05, 0) is 38.1 Å². The quantitative estimate of drug-likeness (QED) is 0.643. The van der Waals surface area contributed by atoms with Crippen LogP contribution in [0.25, 0.3) is 10.8 Å². The van der Waals surface area contributed by atoms with Crippen molar-refractivity contribution in [2.45, 2.75) is 25.2 Å². The Balaban J connectivity index is 1.61. The number of hydrogen-bond donors (Lipinski definition) is 1. The molecule has 0 spiro atoms. The molecule has 0 atom stereocenters. The van der Waals surface area contributed by atoms with Crippen LogP contribution in [0, 0.1) is 13.8 Å². The molecule has 8 nitrogen and oxygen atoms in total. The lowest BCUT2D eigenvalue weighted by atomic mass is 10.4. The van der Waals surface area contributed by atoms with Gasteiger partial charge in [0.15, 0.2) is 9.84 Å². The van der Waals surface area contributed by atoms with Crippen LogP contribution in [0.4, 0.5) is 6.01 Å². The van der Waals surface area contributed by atoms with Crippen molar-refractivity contribution in [3.8, 4) is 10.8 Å². The van der Waals surface area contributed by atoms with Crippen molar-refractivity contribution >= 4 is 44.7 Å². The number of nitrogens with zero attached hydrogens (tertiary/aromatic N) is 3. The Morgan fingerprint density at radius 1 is 1.22 bits per heavy atom. The van der Waals surface area contributed by atoms with Gasteiger partial charge in [-0.15, -0.1) is 16.4 Å². The first-order chi connectivity index (χ1) is 12.7. The summed E-state index contributed by atoms with van der Waals surface area (Å²) in [6.07, 6.45) is -0.249. The van der Waals surface area contributed by atoms with Crippen LogP contribution >= 0.6 is 22.9 Å². The van der Waals surface area contributed by atoms with E-state index < -0.39 is 15.7 Å². The van der Waals surface area contributed by atoms with Crippen LogP contribution in [0.3, 0.4) is 0 Å². The minimum absolute atomic E-state index is 0.0932. The number of anilines is 1. The van der Waals surface area contributed by atoms with E-state index in [9.17, 15) is 13.2 Å². The maximum atomic E-state index is 12.2. The van der Waals surface area contributed by atoms with Crippen LogP contribution in [-0.2, 0) is 14.6 Å². The first kappa shape index (κ1) is 19.5. The van der Waals surface area contributed by atoms with E-state index in [0.717, 1.165) is 15.6 Å². The van der Waals surface area contributed by atoms with E-state index in [-0.39, 0.29) is 29.0 Å². The maximum absolute atomic E-state index is 12.2. The highest BCUT2D eigenvalue weighted by molar-refractivity contribution is 7.91. The average molecular weight is 427 g/mol. The van der Waals surface area contributed by atoms with Crippen LogP contribution in [0.5, 0.6) is 0 Å². The number of halogens is 1. The first-order valence-electron chi connectivity index (χ1n) is 7.81. The van der Waals surface area contributed by atoms with Crippen LogP contribution in [0.2, 0.25) is 5.02 Å². The predicted molar refractivity (Wildman–Crippen MR) is 102 cm³/mol. The van der Waals surface area contributed by atoms with Gasteiger partial charge in [-0.2, -0.15) is 0 Å². The Morgan fingerprint density at radius 3 is 2.56 bits per heavy atom. The summed E-state index contributed by atoms with van der Waals surface area (Å²) in [5.74, 6) is -0.642. The zero-order valence-electron chi connectivity index (χ0n) is 14.4. The van der Waals surface area contributed by atoms with Crippen molar-refractivity contribution in [1.82, 2.24) is 15.2 Å². The Morgan fingerprint density at radius 2 is 1.93 bits per heavy atom. The van der Waals surface area contributed by atoms with E-state index in [2.05, 4.69) is 20.5 Å². The highest BCUT2D eigenvalue weighted by atomic mass is 35.5. The molecule has 27 heavy (non-hydrogen) atoms. The Bertz CT molecular complexity index is 1070. The van der Waals surface area contributed by atoms with Gasteiger partial charge in [0, 0.05) is 11.4 Å². The maximum Gasteiger partial charge on any atom is 0.322 e. The van der Waals surface area contributed by atoms with Crippen molar-refractivity contribution < 1.29 is 17.6 Å². The summed E-state index contributed by atoms with van der Waals surface area (Å²) >= 11 is 7.15. The van der Waals surface area contributed by atoms with Gasteiger partial charge in [-0.3, -0.25) is 10.1 Å². The second-order valence-electron chi connectivity index (χ2n) is 5.63. The smallest absolute Gasteiger partial charge is 0.322 e. The molecule has 1 N–H and O–H groups in total. The summed E-state index contributed by atoms with van der Waals surface area (Å²) < 4.78 is 29.9. The molecule has 0 aliphatic rings. The number of amides is 1. The number of benzene rings is 1. The van der Waals surface area contributed by atoms with Crippen molar-refractivity contribution in [2.24, 2.45) is 0 Å². The molecule has 0 saturated heterocycles. The molecule has 1 amide bonds. The molecule has 0 fully saturated rings. The molecule has 0 radical (unpaired) electrons. The molecule has 1 aromatic carbocycles.